The molecule has 6 heteroatoms. The summed E-state index contributed by atoms with van der Waals surface area (Å²) in [4.78, 5) is 19.4. The number of carboxylic acid groups (broad SMARTS) is 1. The summed E-state index contributed by atoms with van der Waals surface area (Å²) in [5.41, 5.74) is 0.179. The minimum absolute atomic E-state index is 0.179. The summed E-state index contributed by atoms with van der Waals surface area (Å²) in [6.45, 7) is 1.72. The topological polar surface area (TPSA) is 56.7 Å². The molecule has 2 heterocycles. The van der Waals surface area contributed by atoms with Gasteiger partial charge in [-0.2, -0.15) is 0 Å². The van der Waals surface area contributed by atoms with Crippen LogP contribution in [-0.2, 0) is 0 Å². The number of nitrogens with zero attached hydrogens (tertiary/aromatic N) is 3. The fourth-order valence-electron chi connectivity index (χ4n) is 2.14. The first-order valence-corrected chi connectivity index (χ1v) is 6.17. The average molecular weight is 270 g/mol. The van der Waals surface area contributed by atoms with Gasteiger partial charge in [0.1, 0.15) is 11.0 Å². The highest BCUT2D eigenvalue weighted by Gasteiger charge is 2.25. The number of likely N-dealkylation sites (N-methyl/N-ethyl adjacent to an activating group) is 1. The highest BCUT2D eigenvalue weighted by atomic mass is 35.5. The monoisotopic (exact) mass is 269 g/mol. The van der Waals surface area contributed by atoms with Crippen LogP contribution in [-0.4, -0.2) is 54.2 Å². The Labute approximate surface area is 111 Å². The molecule has 1 aliphatic rings. The summed E-state index contributed by atoms with van der Waals surface area (Å²) in [6, 6.07) is 3.41. The highest BCUT2D eigenvalue weighted by Crippen LogP contribution is 2.23. The molecule has 0 radical (unpaired) electrons. The van der Waals surface area contributed by atoms with Crippen molar-refractivity contribution >= 4 is 23.4 Å². The van der Waals surface area contributed by atoms with E-state index >= 15 is 0 Å². The maximum atomic E-state index is 11.0. The zero-order valence-corrected chi connectivity index (χ0v) is 11.2. The van der Waals surface area contributed by atoms with Crippen molar-refractivity contribution in [2.45, 2.75) is 12.5 Å². The molecule has 0 spiro atoms. The molecule has 0 aliphatic carbocycles. The first-order chi connectivity index (χ1) is 8.47. The van der Waals surface area contributed by atoms with E-state index in [2.05, 4.69) is 14.8 Å². The smallest absolute Gasteiger partial charge is 0.335 e. The van der Waals surface area contributed by atoms with Gasteiger partial charge in [0.2, 0.25) is 0 Å². The molecule has 1 aliphatic heterocycles. The Kier molecular flexibility index (Phi) is 3.73. The van der Waals surface area contributed by atoms with Gasteiger partial charge in [-0.3, -0.25) is 0 Å². The number of anilines is 1. The zero-order valence-electron chi connectivity index (χ0n) is 10.4. The number of aromatic nitrogens is 1. The third-order valence-electron chi connectivity index (χ3n) is 3.25. The molecule has 2 rings (SSSR count). The summed E-state index contributed by atoms with van der Waals surface area (Å²) in [5.74, 6) is -0.340. The quantitative estimate of drug-likeness (QED) is 0.845. The molecule has 1 fully saturated rings. The normalized spacial score (nSPS) is 19.6. The van der Waals surface area contributed by atoms with Crippen molar-refractivity contribution in [2.75, 3.05) is 32.1 Å². The first-order valence-electron chi connectivity index (χ1n) is 5.79. The second-order valence-corrected chi connectivity index (χ2v) is 5.08. The predicted octanol–water partition coefficient (Wildman–Crippen LogP) is 1.57. The van der Waals surface area contributed by atoms with E-state index in [1.54, 1.807) is 6.07 Å². The van der Waals surface area contributed by atoms with Crippen molar-refractivity contribution in [3.05, 3.63) is 22.8 Å². The van der Waals surface area contributed by atoms with E-state index in [1.807, 2.05) is 14.1 Å². The zero-order chi connectivity index (χ0) is 13.3. The number of halogens is 1. The van der Waals surface area contributed by atoms with Crippen LogP contribution in [0.4, 0.5) is 5.82 Å². The molecule has 98 valence electrons. The van der Waals surface area contributed by atoms with E-state index in [1.165, 1.54) is 6.07 Å². The second-order valence-electron chi connectivity index (χ2n) is 4.69. The van der Waals surface area contributed by atoms with Crippen LogP contribution in [0.15, 0.2) is 12.1 Å². The standard InChI is InChI=1S/C12H16ClN3O2/c1-15(2)9-3-4-16(7-9)11-6-8(12(17)18)5-10(13)14-11/h5-6,9H,3-4,7H2,1-2H3,(H,17,18). The van der Waals surface area contributed by atoms with Crippen molar-refractivity contribution in [1.82, 2.24) is 9.88 Å². The van der Waals surface area contributed by atoms with Crippen LogP contribution in [0.1, 0.15) is 16.8 Å². The number of hydrogen-bond donors (Lipinski definition) is 1. The van der Waals surface area contributed by atoms with E-state index in [-0.39, 0.29) is 10.7 Å². The molecule has 1 aromatic rings. The van der Waals surface area contributed by atoms with Crippen LogP contribution in [0.3, 0.4) is 0 Å². The van der Waals surface area contributed by atoms with Gasteiger partial charge in [0, 0.05) is 19.1 Å². The van der Waals surface area contributed by atoms with Crippen LogP contribution in [0.5, 0.6) is 0 Å². The molecular weight excluding hydrogens is 254 g/mol. The second kappa shape index (κ2) is 5.12. The molecule has 1 N–H and O–H groups in total. The number of rotatable bonds is 3. The van der Waals surface area contributed by atoms with Gasteiger partial charge in [-0.15, -0.1) is 0 Å². The molecule has 1 aromatic heterocycles. The molecular formula is C12H16ClN3O2. The fraction of sp³-hybridized carbons (Fsp3) is 0.500. The largest absolute Gasteiger partial charge is 0.478 e. The molecule has 1 atom stereocenters. The lowest BCUT2D eigenvalue weighted by atomic mass is 10.2. The van der Waals surface area contributed by atoms with E-state index in [0.717, 1.165) is 19.5 Å². The van der Waals surface area contributed by atoms with Crippen molar-refractivity contribution in [2.24, 2.45) is 0 Å². The van der Waals surface area contributed by atoms with E-state index in [4.69, 9.17) is 16.7 Å². The number of carbonyl (C=O) groups is 1. The van der Waals surface area contributed by atoms with Gasteiger partial charge in [-0.25, -0.2) is 9.78 Å². The summed E-state index contributed by atoms with van der Waals surface area (Å²) < 4.78 is 0. The number of pyridine rings is 1. The summed E-state index contributed by atoms with van der Waals surface area (Å²) >= 11 is 5.86. The minimum atomic E-state index is -0.982. The molecule has 0 aromatic carbocycles. The Bertz CT molecular complexity index is 465. The van der Waals surface area contributed by atoms with Crippen LogP contribution in [0, 0.1) is 0 Å². The Hall–Kier alpha value is -1.33. The summed E-state index contributed by atoms with van der Waals surface area (Å²) in [5, 5.41) is 9.22. The molecule has 1 unspecified atom stereocenters. The van der Waals surface area contributed by atoms with Crippen LogP contribution >= 0.6 is 11.6 Å². The Balaban J connectivity index is 2.21. The van der Waals surface area contributed by atoms with Gasteiger partial charge < -0.3 is 14.9 Å². The van der Waals surface area contributed by atoms with Gasteiger partial charge >= 0.3 is 5.97 Å². The first kappa shape index (κ1) is 13.1. The van der Waals surface area contributed by atoms with E-state index in [9.17, 15) is 4.79 Å². The minimum Gasteiger partial charge on any atom is -0.478 e. The molecule has 18 heavy (non-hydrogen) atoms. The molecule has 0 bridgehead atoms. The summed E-state index contributed by atoms with van der Waals surface area (Å²) in [6.07, 6.45) is 1.05. The Morgan fingerprint density at radius 2 is 2.28 bits per heavy atom. The number of carboxylic acids is 1. The SMILES string of the molecule is CN(C)C1CCN(c2cc(C(=O)O)cc(Cl)n2)C1. The third kappa shape index (κ3) is 2.73. The van der Waals surface area contributed by atoms with Gasteiger partial charge in [-0.1, -0.05) is 11.6 Å². The van der Waals surface area contributed by atoms with Gasteiger partial charge in [0.15, 0.2) is 0 Å². The molecule has 0 saturated carbocycles. The average Bonchev–Trinajstić information content (AvgIpc) is 2.77. The molecule has 1 saturated heterocycles. The predicted molar refractivity (Wildman–Crippen MR) is 70.5 cm³/mol. The Morgan fingerprint density at radius 3 is 2.83 bits per heavy atom. The van der Waals surface area contributed by atoms with Crippen molar-refractivity contribution < 1.29 is 9.90 Å². The van der Waals surface area contributed by atoms with Crippen molar-refractivity contribution in [3.8, 4) is 0 Å². The third-order valence-corrected chi connectivity index (χ3v) is 3.44. The van der Waals surface area contributed by atoms with Gasteiger partial charge in [-0.05, 0) is 32.6 Å². The Morgan fingerprint density at radius 1 is 1.56 bits per heavy atom. The van der Waals surface area contributed by atoms with Gasteiger partial charge in [0.05, 0.1) is 5.56 Å². The van der Waals surface area contributed by atoms with Gasteiger partial charge in [0.25, 0.3) is 0 Å². The van der Waals surface area contributed by atoms with Crippen molar-refractivity contribution in [1.29, 1.82) is 0 Å². The van der Waals surface area contributed by atoms with Crippen LogP contribution in [0.2, 0.25) is 5.15 Å². The van der Waals surface area contributed by atoms with E-state index in [0.29, 0.717) is 11.9 Å². The fourth-order valence-corrected chi connectivity index (χ4v) is 2.34. The number of aromatic carboxylic acids is 1. The summed E-state index contributed by atoms with van der Waals surface area (Å²) in [7, 11) is 4.09. The van der Waals surface area contributed by atoms with Crippen molar-refractivity contribution in [3.63, 3.8) is 0 Å². The number of hydrogen-bond acceptors (Lipinski definition) is 4. The highest BCUT2D eigenvalue weighted by molar-refractivity contribution is 6.29. The maximum Gasteiger partial charge on any atom is 0.335 e. The lowest BCUT2D eigenvalue weighted by Gasteiger charge is -2.21. The van der Waals surface area contributed by atoms with Crippen LogP contribution in [0.25, 0.3) is 0 Å². The molecule has 5 nitrogen and oxygen atoms in total. The lowest BCUT2D eigenvalue weighted by Crippen LogP contribution is -2.31. The molecule has 0 amide bonds. The lowest BCUT2D eigenvalue weighted by molar-refractivity contribution is 0.0697. The maximum absolute atomic E-state index is 11.0. The van der Waals surface area contributed by atoms with Crippen LogP contribution < -0.4 is 4.90 Å². The van der Waals surface area contributed by atoms with E-state index < -0.39 is 5.97 Å².